The number of carbonyl (C=O) groups excluding carboxylic acids is 1. The standard InChI is InChI=1S/C18H25N5O3S/c1-4-14(3)23(16-9-10-27(25,26)12-16)17(24)11-22-20-18(19-21-22)15-7-5-13(2)6-8-15/h5-8,14,16H,4,9-12H2,1-3H3/t14-,16+/m1/s1. The summed E-state index contributed by atoms with van der Waals surface area (Å²) in [6.07, 6.45) is 1.24. The second-order valence-electron chi connectivity index (χ2n) is 7.12. The van der Waals surface area contributed by atoms with Crippen LogP contribution < -0.4 is 0 Å². The Balaban J connectivity index is 1.75. The lowest BCUT2D eigenvalue weighted by Gasteiger charge is -2.33. The van der Waals surface area contributed by atoms with E-state index in [-0.39, 0.29) is 36.0 Å². The maximum absolute atomic E-state index is 12.9. The number of nitrogens with zero attached hydrogens (tertiary/aromatic N) is 5. The summed E-state index contributed by atoms with van der Waals surface area (Å²) in [6.45, 7) is 5.87. The minimum atomic E-state index is -3.07. The van der Waals surface area contributed by atoms with Gasteiger partial charge in [0.2, 0.25) is 11.7 Å². The summed E-state index contributed by atoms with van der Waals surface area (Å²) in [5.74, 6) is 0.445. The molecule has 0 spiro atoms. The van der Waals surface area contributed by atoms with Crippen LogP contribution in [0.3, 0.4) is 0 Å². The largest absolute Gasteiger partial charge is 0.334 e. The molecule has 27 heavy (non-hydrogen) atoms. The minimum Gasteiger partial charge on any atom is -0.334 e. The monoisotopic (exact) mass is 391 g/mol. The smallest absolute Gasteiger partial charge is 0.246 e. The molecular weight excluding hydrogens is 366 g/mol. The maximum Gasteiger partial charge on any atom is 0.246 e. The Morgan fingerprint density at radius 1 is 1.33 bits per heavy atom. The number of tetrazole rings is 1. The molecule has 2 atom stereocenters. The van der Waals surface area contributed by atoms with Crippen LogP contribution in [-0.4, -0.2) is 63.0 Å². The van der Waals surface area contributed by atoms with Crippen molar-refractivity contribution in [3.8, 4) is 11.4 Å². The van der Waals surface area contributed by atoms with Gasteiger partial charge < -0.3 is 4.90 Å². The average molecular weight is 391 g/mol. The third-order valence-electron chi connectivity index (χ3n) is 4.99. The molecule has 0 unspecified atom stereocenters. The van der Waals surface area contributed by atoms with Crippen LogP contribution >= 0.6 is 0 Å². The molecule has 0 bridgehead atoms. The maximum atomic E-state index is 12.9. The molecule has 1 aliphatic heterocycles. The van der Waals surface area contributed by atoms with Crippen molar-refractivity contribution < 1.29 is 13.2 Å². The van der Waals surface area contributed by atoms with Crippen molar-refractivity contribution >= 4 is 15.7 Å². The summed E-state index contributed by atoms with van der Waals surface area (Å²) >= 11 is 0. The fraction of sp³-hybridized carbons (Fsp3) is 0.556. The molecular formula is C18H25N5O3S. The molecule has 1 fully saturated rings. The molecule has 1 aromatic heterocycles. The van der Waals surface area contributed by atoms with Gasteiger partial charge in [-0.25, -0.2) is 8.42 Å². The van der Waals surface area contributed by atoms with E-state index in [0.717, 1.165) is 17.5 Å². The van der Waals surface area contributed by atoms with Crippen molar-refractivity contribution in [3.05, 3.63) is 29.8 Å². The van der Waals surface area contributed by atoms with Crippen LogP contribution in [0.5, 0.6) is 0 Å². The molecule has 1 aliphatic rings. The zero-order valence-electron chi connectivity index (χ0n) is 15.9. The van der Waals surface area contributed by atoms with Gasteiger partial charge in [-0.3, -0.25) is 4.79 Å². The van der Waals surface area contributed by atoms with E-state index < -0.39 is 9.84 Å². The van der Waals surface area contributed by atoms with E-state index >= 15 is 0 Å². The van der Waals surface area contributed by atoms with Crippen molar-refractivity contribution in [1.82, 2.24) is 25.1 Å². The van der Waals surface area contributed by atoms with Crippen LogP contribution in [0.4, 0.5) is 0 Å². The number of sulfone groups is 1. The SMILES string of the molecule is CC[C@@H](C)N(C(=O)Cn1nnc(-c2ccc(C)cc2)n1)[C@H]1CCS(=O)(=O)C1. The van der Waals surface area contributed by atoms with Crippen LogP contribution in [0, 0.1) is 6.92 Å². The predicted octanol–water partition coefficient (Wildman–Crippen LogP) is 1.46. The minimum absolute atomic E-state index is 0.0302. The highest BCUT2D eigenvalue weighted by Gasteiger charge is 2.36. The molecule has 9 heteroatoms. The van der Waals surface area contributed by atoms with Crippen molar-refractivity contribution in [1.29, 1.82) is 0 Å². The van der Waals surface area contributed by atoms with Gasteiger partial charge in [0, 0.05) is 17.6 Å². The Bertz CT molecular complexity index is 907. The molecule has 3 rings (SSSR count). The first-order chi connectivity index (χ1) is 12.8. The molecule has 2 aromatic rings. The van der Waals surface area contributed by atoms with Crippen molar-refractivity contribution in [3.63, 3.8) is 0 Å². The zero-order valence-corrected chi connectivity index (χ0v) is 16.7. The Morgan fingerprint density at radius 3 is 2.63 bits per heavy atom. The van der Waals surface area contributed by atoms with E-state index in [1.54, 1.807) is 4.90 Å². The summed E-state index contributed by atoms with van der Waals surface area (Å²) < 4.78 is 23.7. The number of benzene rings is 1. The molecule has 146 valence electrons. The number of rotatable bonds is 6. The van der Waals surface area contributed by atoms with Gasteiger partial charge in [-0.05, 0) is 31.9 Å². The van der Waals surface area contributed by atoms with E-state index in [2.05, 4.69) is 15.4 Å². The average Bonchev–Trinajstić information content (AvgIpc) is 3.22. The topological polar surface area (TPSA) is 98.1 Å². The van der Waals surface area contributed by atoms with E-state index in [1.807, 2.05) is 45.0 Å². The fourth-order valence-electron chi connectivity index (χ4n) is 3.33. The number of hydrogen-bond acceptors (Lipinski definition) is 6. The van der Waals surface area contributed by atoms with Crippen LogP contribution in [0.1, 0.15) is 32.3 Å². The van der Waals surface area contributed by atoms with Gasteiger partial charge in [0.25, 0.3) is 0 Å². The highest BCUT2D eigenvalue weighted by atomic mass is 32.2. The fourth-order valence-corrected chi connectivity index (χ4v) is 5.04. The Morgan fingerprint density at radius 2 is 2.04 bits per heavy atom. The number of carbonyl (C=O) groups is 1. The first-order valence-corrected chi connectivity index (χ1v) is 11.0. The molecule has 1 aromatic carbocycles. The Hall–Kier alpha value is -2.29. The van der Waals surface area contributed by atoms with Gasteiger partial charge in [0.05, 0.1) is 11.5 Å². The molecule has 8 nitrogen and oxygen atoms in total. The van der Waals surface area contributed by atoms with Gasteiger partial charge in [-0.15, -0.1) is 10.2 Å². The lowest BCUT2D eigenvalue weighted by Crippen LogP contribution is -2.48. The lowest BCUT2D eigenvalue weighted by molar-refractivity contribution is -0.136. The van der Waals surface area contributed by atoms with Crippen LogP contribution in [0.25, 0.3) is 11.4 Å². The summed E-state index contributed by atoms with van der Waals surface area (Å²) in [4.78, 5) is 15.9. The highest BCUT2D eigenvalue weighted by molar-refractivity contribution is 7.91. The lowest BCUT2D eigenvalue weighted by atomic mass is 10.1. The van der Waals surface area contributed by atoms with Crippen molar-refractivity contribution in [2.45, 2.75) is 52.2 Å². The van der Waals surface area contributed by atoms with Gasteiger partial charge >= 0.3 is 0 Å². The third-order valence-corrected chi connectivity index (χ3v) is 6.75. The number of hydrogen-bond donors (Lipinski definition) is 0. The molecule has 2 heterocycles. The molecule has 1 saturated heterocycles. The van der Waals surface area contributed by atoms with E-state index in [4.69, 9.17) is 0 Å². The normalized spacial score (nSPS) is 19.7. The number of amides is 1. The second-order valence-corrected chi connectivity index (χ2v) is 9.35. The summed E-state index contributed by atoms with van der Waals surface area (Å²) in [5, 5.41) is 12.3. The third kappa shape index (κ3) is 4.52. The van der Waals surface area contributed by atoms with E-state index in [1.165, 1.54) is 4.80 Å². The number of aromatic nitrogens is 4. The predicted molar refractivity (Wildman–Crippen MR) is 102 cm³/mol. The quantitative estimate of drug-likeness (QED) is 0.739. The highest BCUT2D eigenvalue weighted by Crippen LogP contribution is 2.22. The zero-order chi connectivity index (χ0) is 19.6. The summed E-state index contributed by atoms with van der Waals surface area (Å²) in [6, 6.07) is 7.42. The first-order valence-electron chi connectivity index (χ1n) is 9.15. The summed E-state index contributed by atoms with van der Waals surface area (Å²) in [7, 11) is -3.07. The van der Waals surface area contributed by atoms with Crippen LogP contribution in [-0.2, 0) is 21.2 Å². The van der Waals surface area contributed by atoms with Crippen molar-refractivity contribution in [2.24, 2.45) is 0 Å². The van der Waals surface area contributed by atoms with Gasteiger partial charge in [-0.1, -0.05) is 36.8 Å². The van der Waals surface area contributed by atoms with E-state index in [9.17, 15) is 13.2 Å². The molecule has 0 radical (unpaired) electrons. The van der Waals surface area contributed by atoms with Crippen LogP contribution in [0.2, 0.25) is 0 Å². The van der Waals surface area contributed by atoms with Gasteiger partial charge in [0.1, 0.15) is 6.54 Å². The first kappa shape index (κ1) is 19.5. The molecule has 1 amide bonds. The molecule has 0 saturated carbocycles. The Kier molecular flexibility index (Phi) is 5.59. The molecule has 0 aliphatic carbocycles. The van der Waals surface area contributed by atoms with Crippen molar-refractivity contribution in [2.75, 3.05) is 11.5 Å². The van der Waals surface area contributed by atoms with Crippen LogP contribution in [0.15, 0.2) is 24.3 Å². The number of aryl methyl sites for hydroxylation is 1. The van der Waals surface area contributed by atoms with Gasteiger partial charge in [-0.2, -0.15) is 4.80 Å². The van der Waals surface area contributed by atoms with E-state index in [0.29, 0.717) is 12.2 Å². The Labute approximate surface area is 159 Å². The summed E-state index contributed by atoms with van der Waals surface area (Å²) in [5.41, 5.74) is 1.97. The van der Waals surface area contributed by atoms with Gasteiger partial charge in [0.15, 0.2) is 9.84 Å². The second kappa shape index (κ2) is 7.75. The molecule has 0 N–H and O–H groups in total.